The van der Waals surface area contributed by atoms with Crippen LogP contribution in [0.1, 0.15) is 34.1 Å². The third kappa shape index (κ3) is 3.22. The first-order valence-electron chi connectivity index (χ1n) is 5.78. The average molecular weight is 227 g/mol. The van der Waals surface area contributed by atoms with Crippen LogP contribution in [0.5, 0.6) is 0 Å². The predicted molar refractivity (Wildman–Crippen MR) is 60.8 cm³/mol. The number of hydrogen-bond donors (Lipinski definition) is 0. The van der Waals surface area contributed by atoms with E-state index in [-0.39, 0.29) is 23.8 Å². The van der Waals surface area contributed by atoms with Gasteiger partial charge in [0.25, 0.3) is 0 Å². The number of ether oxygens (including phenoxy) is 1. The predicted octanol–water partition coefficient (Wildman–Crippen LogP) is 1.44. The Bertz CT molecular complexity index is 280. The number of likely N-dealkylation sites (tertiary alicyclic amines) is 1. The minimum Gasteiger partial charge on any atom is -0.465 e. The molecule has 0 spiro atoms. The first kappa shape index (κ1) is 13.0. The minimum absolute atomic E-state index is 0.0629. The normalized spacial score (nSPS) is 21.4. The zero-order valence-corrected chi connectivity index (χ0v) is 10.6. The SMILES string of the molecule is CCOC(=O)CN1CC(C(C)(C)C)CC1=O. The number of rotatable bonds is 3. The van der Waals surface area contributed by atoms with E-state index in [0.29, 0.717) is 25.5 Å². The molecule has 1 atom stereocenters. The molecule has 1 aliphatic rings. The molecule has 0 N–H and O–H groups in total. The van der Waals surface area contributed by atoms with Crippen molar-refractivity contribution in [1.82, 2.24) is 4.90 Å². The second-order valence-corrected chi connectivity index (χ2v) is 5.35. The first-order valence-corrected chi connectivity index (χ1v) is 5.78. The van der Waals surface area contributed by atoms with Crippen LogP contribution in [0.4, 0.5) is 0 Å². The van der Waals surface area contributed by atoms with Crippen LogP contribution in [0, 0.1) is 11.3 Å². The Balaban J connectivity index is 2.52. The molecule has 0 aliphatic carbocycles. The van der Waals surface area contributed by atoms with Gasteiger partial charge in [0.2, 0.25) is 5.91 Å². The highest BCUT2D eigenvalue weighted by Crippen LogP contribution is 2.33. The zero-order chi connectivity index (χ0) is 12.3. The maximum atomic E-state index is 11.7. The van der Waals surface area contributed by atoms with E-state index in [2.05, 4.69) is 20.8 Å². The number of hydrogen-bond acceptors (Lipinski definition) is 3. The molecule has 4 heteroatoms. The van der Waals surface area contributed by atoms with Gasteiger partial charge in [-0.1, -0.05) is 20.8 Å². The lowest BCUT2D eigenvalue weighted by Crippen LogP contribution is -2.33. The molecular weight excluding hydrogens is 206 g/mol. The van der Waals surface area contributed by atoms with Crippen molar-refractivity contribution in [3.63, 3.8) is 0 Å². The van der Waals surface area contributed by atoms with Crippen LogP contribution < -0.4 is 0 Å². The van der Waals surface area contributed by atoms with Gasteiger partial charge in [0.15, 0.2) is 0 Å². The first-order chi connectivity index (χ1) is 7.34. The van der Waals surface area contributed by atoms with E-state index >= 15 is 0 Å². The summed E-state index contributed by atoms with van der Waals surface area (Å²) in [4.78, 5) is 24.6. The van der Waals surface area contributed by atoms with Gasteiger partial charge in [-0.15, -0.1) is 0 Å². The molecular formula is C12H21NO3. The van der Waals surface area contributed by atoms with Crippen LogP contribution in [0.3, 0.4) is 0 Å². The molecule has 1 heterocycles. The summed E-state index contributed by atoms with van der Waals surface area (Å²) < 4.78 is 4.84. The van der Waals surface area contributed by atoms with E-state index in [1.54, 1.807) is 11.8 Å². The lowest BCUT2D eigenvalue weighted by atomic mass is 9.80. The van der Waals surface area contributed by atoms with Gasteiger partial charge >= 0.3 is 5.97 Å². The molecule has 4 nitrogen and oxygen atoms in total. The van der Waals surface area contributed by atoms with E-state index in [9.17, 15) is 9.59 Å². The Labute approximate surface area is 96.9 Å². The third-order valence-corrected chi connectivity index (χ3v) is 3.06. The van der Waals surface area contributed by atoms with Gasteiger partial charge in [-0.3, -0.25) is 9.59 Å². The quantitative estimate of drug-likeness (QED) is 0.685. The van der Waals surface area contributed by atoms with Gasteiger partial charge in [0, 0.05) is 13.0 Å². The third-order valence-electron chi connectivity index (χ3n) is 3.06. The molecule has 16 heavy (non-hydrogen) atoms. The molecule has 0 aromatic rings. The van der Waals surface area contributed by atoms with E-state index < -0.39 is 0 Å². The summed E-state index contributed by atoms with van der Waals surface area (Å²) in [7, 11) is 0. The highest BCUT2D eigenvalue weighted by molar-refractivity contribution is 5.83. The highest BCUT2D eigenvalue weighted by atomic mass is 16.5. The fourth-order valence-electron chi connectivity index (χ4n) is 1.87. The maximum absolute atomic E-state index is 11.7. The van der Waals surface area contributed by atoms with Crippen LogP contribution in [0.2, 0.25) is 0 Å². The van der Waals surface area contributed by atoms with E-state index in [1.165, 1.54) is 0 Å². The van der Waals surface area contributed by atoms with E-state index in [0.717, 1.165) is 0 Å². The van der Waals surface area contributed by atoms with Gasteiger partial charge in [-0.05, 0) is 18.3 Å². The van der Waals surface area contributed by atoms with Gasteiger partial charge in [0.05, 0.1) is 6.61 Å². The monoisotopic (exact) mass is 227 g/mol. The summed E-state index contributed by atoms with van der Waals surface area (Å²) in [6.07, 6.45) is 0.545. The molecule has 0 saturated carbocycles. The molecule has 0 radical (unpaired) electrons. The van der Waals surface area contributed by atoms with Crippen LogP contribution >= 0.6 is 0 Å². The van der Waals surface area contributed by atoms with Gasteiger partial charge in [0.1, 0.15) is 6.54 Å². The number of carbonyl (C=O) groups is 2. The van der Waals surface area contributed by atoms with Crippen molar-refractivity contribution < 1.29 is 14.3 Å². The Morgan fingerprint density at radius 1 is 1.50 bits per heavy atom. The molecule has 1 rings (SSSR count). The molecule has 0 bridgehead atoms. The maximum Gasteiger partial charge on any atom is 0.325 e. The standard InChI is InChI=1S/C12H21NO3/c1-5-16-11(15)8-13-7-9(6-10(13)14)12(2,3)4/h9H,5-8H2,1-4H3. The Kier molecular flexibility index (Phi) is 3.94. The van der Waals surface area contributed by atoms with Crippen LogP contribution in [-0.2, 0) is 14.3 Å². The van der Waals surface area contributed by atoms with Crippen molar-refractivity contribution in [1.29, 1.82) is 0 Å². The zero-order valence-electron chi connectivity index (χ0n) is 10.6. The Morgan fingerprint density at radius 2 is 2.12 bits per heavy atom. The molecule has 1 fully saturated rings. The molecule has 0 aromatic heterocycles. The summed E-state index contributed by atoms with van der Waals surface area (Å²) in [5, 5.41) is 0. The second-order valence-electron chi connectivity index (χ2n) is 5.35. The van der Waals surface area contributed by atoms with Gasteiger partial charge < -0.3 is 9.64 Å². The summed E-state index contributed by atoms with van der Waals surface area (Å²) in [6.45, 7) is 9.27. The molecule has 1 aliphatic heterocycles. The molecule has 92 valence electrons. The number of nitrogens with zero attached hydrogens (tertiary/aromatic N) is 1. The lowest BCUT2D eigenvalue weighted by molar-refractivity contribution is -0.147. The van der Waals surface area contributed by atoms with Crippen LogP contribution in [-0.4, -0.2) is 36.5 Å². The van der Waals surface area contributed by atoms with E-state index in [4.69, 9.17) is 4.74 Å². The van der Waals surface area contributed by atoms with Crippen LogP contribution in [0.25, 0.3) is 0 Å². The van der Waals surface area contributed by atoms with Crippen molar-refractivity contribution in [3.05, 3.63) is 0 Å². The largest absolute Gasteiger partial charge is 0.465 e. The van der Waals surface area contributed by atoms with Crippen molar-refractivity contribution in [2.45, 2.75) is 34.1 Å². The van der Waals surface area contributed by atoms with Crippen molar-refractivity contribution in [2.75, 3.05) is 19.7 Å². The van der Waals surface area contributed by atoms with Crippen LogP contribution in [0.15, 0.2) is 0 Å². The highest BCUT2D eigenvalue weighted by Gasteiger charge is 2.37. The topological polar surface area (TPSA) is 46.6 Å². The van der Waals surface area contributed by atoms with E-state index in [1.807, 2.05) is 0 Å². The molecule has 1 saturated heterocycles. The fourth-order valence-corrected chi connectivity index (χ4v) is 1.87. The fraction of sp³-hybridized carbons (Fsp3) is 0.833. The summed E-state index contributed by atoms with van der Waals surface area (Å²) in [5.41, 5.74) is 0.110. The minimum atomic E-state index is -0.314. The van der Waals surface area contributed by atoms with Gasteiger partial charge in [-0.2, -0.15) is 0 Å². The summed E-state index contributed by atoms with van der Waals surface area (Å²) in [6, 6.07) is 0. The summed E-state index contributed by atoms with van der Waals surface area (Å²) >= 11 is 0. The van der Waals surface area contributed by atoms with Gasteiger partial charge in [-0.25, -0.2) is 0 Å². The number of amides is 1. The average Bonchev–Trinajstić information content (AvgIpc) is 2.47. The second kappa shape index (κ2) is 4.85. The Morgan fingerprint density at radius 3 is 2.56 bits per heavy atom. The Hall–Kier alpha value is -1.06. The van der Waals surface area contributed by atoms with Crippen molar-refractivity contribution >= 4 is 11.9 Å². The number of esters is 1. The molecule has 1 unspecified atom stereocenters. The molecule has 0 aromatic carbocycles. The lowest BCUT2D eigenvalue weighted by Gasteiger charge is -2.26. The summed E-state index contributed by atoms with van der Waals surface area (Å²) in [5.74, 6) is 0.0767. The van der Waals surface area contributed by atoms with Crippen molar-refractivity contribution in [3.8, 4) is 0 Å². The number of carbonyl (C=O) groups excluding carboxylic acids is 2. The smallest absolute Gasteiger partial charge is 0.325 e. The van der Waals surface area contributed by atoms with Crippen molar-refractivity contribution in [2.24, 2.45) is 11.3 Å². The molecule has 1 amide bonds.